The van der Waals surface area contributed by atoms with Gasteiger partial charge in [-0.3, -0.25) is 19.3 Å². The van der Waals surface area contributed by atoms with E-state index in [1.54, 1.807) is 11.8 Å². The maximum Gasteiger partial charge on any atom is 0.312 e. The molecule has 2 amide bonds. The highest BCUT2D eigenvalue weighted by atomic mass is 16.6. The van der Waals surface area contributed by atoms with Gasteiger partial charge < -0.3 is 29.5 Å². The zero-order valence-electron chi connectivity index (χ0n) is 18.8. The Balaban J connectivity index is 1.50. The van der Waals surface area contributed by atoms with Gasteiger partial charge in [-0.2, -0.15) is 0 Å². The zero-order valence-corrected chi connectivity index (χ0v) is 18.8. The molecule has 2 bridgehead atoms. The van der Waals surface area contributed by atoms with Gasteiger partial charge in [-0.1, -0.05) is 0 Å². The van der Waals surface area contributed by atoms with E-state index in [1.807, 2.05) is 0 Å². The number of ether oxygens (including phenoxy) is 3. The van der Waals surface area contributed by atoms with E-state index >= 15 is 0 Å². The highest BCUT2D eigenvalue weighted by Gasteiger charge is 2.74. The molecular weight excluding hydrogens is 418 g/mol. The number of likely N-dealkylation sites (tertiary alicyclic amines) is 1. The van der Waals surface area contributed by atoms with Crippen molar-refractivity contribution in [1.82, 2.24) is 15.1 Å². The number of hydrogen-bond acceptors (Lipinski definition) is 8. The number of morpholine rings is 1. The molecule has 0 saturated carbocycles. The van der Waals surface area contributed by atoms with Crippen molar-refractivity contribution in [3.8, 4) is 0 Å². The van der Waals surface area contributed by atoms with E-state index < -0.39 is 29.4 Å². The quantitative estimate of drug-likeness (QED) is 0.324. The standard InChI is InChI=1S/C22H35N3O7/c1-2-31-21(29)16-15-5-6-22(32-15)17(16)20(28)25(8-3-4-12-26)18(22)19(27)23-7-9-24-10-13-30-14-11-24/h15-18,26H,2-14H2,1H3,(H,23,27)/t15-,16+,17+,18?,22?/m1/s1. The lowest BCUT2D eigenvalue weighted by Gasteiger charge is -2.33. The maximum atomic E-state index is 13.5. The Labute approximate surface area is 188 Å². The molecular formula is C22H35N3O7. The van der Waals surface area contributed by atoms with Crippen molar-refractivity contribution in [2.75, 3.05) is 59.2 Å². The molecule has 1 spiro atoms. The SMILES string of the molecule is CCOC(=O)[C@@H]1[C@H]2C(=O)N(CCCCO)C(C(=O)NCCN3CCOCC3)C23CC[C@H]1O3. The Morgan fingerprint density at radius 3 is 2.75 bits per heavy atom. The first kappa shape index (κ1) is 23.4. The van der Waals surface area contributed by atoms with Crippen molar-refractivity contribution >= 4 is 17.8 Å². The molecule has 2 N–H and O–H groups in total. The van der Waals surface area contributed by atoms with Crippen molar-refractivity contribution < 1.29 is 33.7 Å². The number of esters is 1. The first-order chi connectivity index (χ1) is 15.5. The van der Waals surface area contributed by atoms with Crippen molar-refractivity contribution in [2.45, 2.75) is 50.4 Å². The van der Waals surface area contributed by atoms with E-state index in [9.17, 15) is 19.5 Å². The highest BCUT2D eigenvalue weighted by Crippen LogP contribution is 2.58. The summed E-state index contributed by atoms with van der Waals surface area (Å²) in [6.07, 6.45) is 1.94. The van der Waals surface area contributed by atoms with Crippen molar-refractivity contribution in [1.29, 1.82) is 0 Å². The van der Waals surface area contributed by atoms with Crippen molar-refractivity contribution in [2.24, 2.45) is 11.8 Å². The number of aliphatic hydroxyl groups is 1. The van der Waals surface area contributed by atoms with Crippen LogP contribution < -0.4 is 5.32 Å². The molecule has 10 heteroatoms. The summed E-state index contributed by atoms with van der Waals surface area (Å²) in [7, 11) is 0. The van der Waals surface area contributed by atoms with Crippen molar-refractivity contribution in [3.63, 3.8) is 0 Å². The smallest absolute Gasteiger partial charge is 0.312 e. The van der Waals surface area contributed by atoms with Gasteiger partial charge in [0.15, 0.2) is 0 Å². The zero-order chi connectivity index (χ0) is 22.7. The predicted molar refractivity (Wildman–Crippen MR) is 113 cm³/mol. The summed E-state index contributed by atoms with van der Waals surface area (Å²) in [6, 6.07) is -0.771. The van der Waals surface area contributed by atoms with Gasteiger partial charge in [-0.15, -0.1) is 0 Å². The third-order valence-electron chi connectivity index (χ3n) is 7.25. The summed E-state index contributed by atoms with van der Waals surface area (Å²) in [5.74, 6) is -2.21. The first-order valence-corrected chi connectivity index (χ1v) is 11.9. The van der Waals surface area contributed by atoms with Gasteiger partial charge in [-0.05, 0) is 32.6 Å². The predicted octanol–water partition coefficient (Wildman–Crippen LogP) is -0.855. The normalized spacial score (nSPS) is 34.1. The largest absolute Gasteiger partial charge is 0.466 e. The molecule has 10 nitrogen and oxygen atoms in total. The summed E-state index contributed by atoms with van der Waals surface area (Å²) in [4.78, 5) is 43.4. The Morgan fingerprint density at radius 2 is 2.03 bits per heavy atom. The van der Waals surface area contributed by atoms with Crippen LogP contribution in [0, 0.1) is 11.8 Å². The summed E-state index contributed by atoms with van der Waals surface area (Å²) in [6.45, 7) is 6.60. The minimum atomic E-state index is -0.985. The number of rotatable bonds is 10. The van der Waals surface area contributed by atoms with Gasteiger partial charge >= 0.3 is 5.97 Å². The van der Waals surface area contributed by atoms with Gasteiger partial charge in [-0.25, -0.2) is 0 Å². The molecule has 4 aliphatic rings. The molecule has 0 radical (unpaired) electrons. The van der Waals surface area contributed by atoms with Crippen LogP contribution in [0.1, 0.15) is 32.6 Å². The summed E-state index contributed by atoms with van der Waals surface area (Å²) >= 11 is 0. The Kier molecular flexibility index (Phi) is 7.34. The molecule has 180 valence electrons. The Bertz CT molecular complexity index is 714. The molecule has 4 heterocycles. The van der Waals surface area contributed by atoms with Gasteiger partial charge in [0, 0.05) is 39.3 Å². The van der Waals surface area contributed by atoms with Crippen molar-refractivity contribution in [3.05, 3.63) is 0 Å². The first-order valence-electron chi connectivity index (χ1n) is 11.9. The van der Waals surface area contributed by atoms with E-state index in [0.717, 1.165) is 13.1 Å². The second-order valence-corrected chi connectivity index (χ2v) is 9.02. The van der Waals surface area contributed by atoms with Crippen LogP contribution in [-0.4, -0.2) is 110 Å². The number of hydrogen-bond donors (Lipinski definition) is 2. The number of amides is 2. The Hall–Kier alpha value is -1.75. The van der Waals surface area contributed by atoms with Crippen LogP contribution in [0.4, 0.5) is 0 Å². The molecule has 0 aromatic rings. The fourth-order valence-electron chi connectivity index (χ4n) is 5.85. The van der Waals surface area contributed by atoms with E-state index in [0.29, 0.717) is 58.5 Å². The van der Waals surface area contributed by atoms with E-state index in [1.165, 1.54) is 0 Å². The summed E-state index contributed by atoms with van der Waals surface area (Å²) in [5, 5.41) is 12.2. The molecule has 4 fully saturated rings. The van der Waals surface area contributed by atoms with Crippen LogP contribution in [0.25, 0.3) is 0 Å². The third-order valence-corrected chi connectivity index (χ3v) is 7.25. The molecule has 4 aliphatic heterocycles. The fraction of sp³-hybridized carbons (Fsp3) is 0.864. The number of unbranched alkanes of at least 4 members (excludes halogenated alkanes) is 1. The lowest BCUT2D eigenvalue weighted by molar-refractivity contribution is -0.154. The maximum absolute atomic E-state index is 13.5. The van der Waals surface area contributed by atoms with E-state index in [2.05, 4.69) is 10.2 Å². The Morgan fingerprint density at radius 1 is 1.25 bits per heavy atom. The third kappa shape index (κ3) is 4.13. The van der Waals surface area contributed by atoms with Gasteiger partial charge in [0.25, 0.3) is 0 Å². The van der Waals surface area contributed by atoms with Gasteiger partial charge in [0.05, 0.1) is 37.8 Å². The number of nitrogens with one attached hydrogen (secondary N) is 1. The molecule has 0 aromatic heterocycles. The molecule has 0 aromatic carbocycles. The van der Waals surface area contributed by atoms with Crippen LogP contribution in [0.5, 0.6) is 0 Å². The van der Waals surface area contributed by atoms with E-state index in [-0.39, 0.29) is 31.1 Å². The van der Waals surface area contributed by atoms with Crippen LogP contribution in [0.15, 0.2) is 0 Å². The molecule has 5 atom stereocenters. The number of carbonyl (C=O) groups is 3. The van der Waals surface area contributed by atoms with Crippen LogP contribution in [0.3, 0.4) is 0 Å². The molecule has 0 aliphatic carbocycles. The topological polar surface area (TPSA) is 118 Å². The van der Waals surface area contributed by atoms with Crippen LogP contribution in [0.2, 0.25) is 0 Å². The molecule has 4 rings (SSSR count). The van der Waals surface area contributed by atoms with E-state index in [4.69, 9.17) is 14.2 Å². The van der Waals surface area contributed by atoms with Crippen LogP contribution in [-0.2, 0) is 28.6 Å². The molecule has 2 unspecified atom stereocenters. The average molecular weight is 454 g/mol. The monoisotopic (exact) mass is 453 g/mol. The second-order valence-electron chi connectivity index (χ2n) is 9.02. The van der Waals surface area contributed by atoms with Gasteiger partial charge in [0.2, 0.25) is 11.8 Å². The second kappa shape index (κ2) is 10.0. The summed E-state index contributed by atoms with van der Waals surface area (Å²) in [5.41, 5.74) is -0.985. The number of aliphatic hydroxyl groups excluding tert-OH is 1. The number of nitrogens with zero attached hydrogens (tertiary/aromatic N) is 2. The minimum absolute atomic E-state index is 0.0248. The number of carbonyl (C=O) groups excluding carboxylic acids is 3. The lowest BCUT2D eigenvalue weighted by Crippen LogP contribution is -2.56. The lowest BCUT2D eigenvalue weighted by atomic mass is 9.71. The highest BCUT2D eigenvalue weighted by molar-refractivity contribution is 5.98. The number of fused-ring (bicyclic) bond motifs is 1. The van der Waals surface area contributed by atoms with Crippen LogP contribution >= 0.6 is 0 Å². The fourth-order valence-corrected chi connectivity index (χ4v) is 5.85. The van der Waals surface area contributed by atoms with Gasteiger partial charge in [0.1, 0.15) is 11.6 Å². The average Bonchev–Trinajstić information content (AvgIpc) is 3.42. The summed E-state index contributed by atoms with van der Waals surface area (Å²) < 4.78 is 16.9. The minimum Gasteiger partial charge on any atom is -0.466 e. The molecule has 32 heavy (non-hydrogen) atoms. The molecule has 4 saturated heterocycles.